The lowest BCUT2D eigenvalue weighted by molar-refractivity contribution is 0.0528. The molecule has 0 aliphatic carbocycles. The fraction of sp³-hybridized carbons (Fsp3) is 0.348. The number of esters is 1. The van der Waals surface area contributed by atoms with Crippen molar-refractivity contribution in [3.8, 4) is 11.8 Å². The first kappa shape index (κ1) is 22.1. The number of nitrogens with one attached hydrogen (secondary N) is 1. The van der Waals surface area contributed by atoms with Crippen LogP contribution in [0.3, 0.4) is 0 Å². The predicted octanol–water partition coefficient (Wildman–Crippen LogP) is 2.95. The number of carbonyl (C=O) groups is 1. The zero-order valence-corrected chi connectivity index (χ0v) is 18.0. The highest BCUT2D eigenvalue weighted by atomic mass is 16.5. The van der Waals surface area contributed by atoms with Crippen molar-refractivity contribution in [2.45, 2.75) is 46.3 Å². The van der Waals surface area contributed by atoms with Crippen LogP contribution in [-0.2, 0) is 16.9 Å². The third kappa shape index (κ3) is 4.32. The van der Waals surface area contributed by atoms with E-state index in [4.69, 9.17) is 9.26 Å². The maximum atomic E-state index is 13.0. The van der Waals surface area contributed by atoms with E-state index in [9.17, 15) is 14.7 Å². The SMILES string of the molecule is C=CCCn1cc(C#C[C@](C)(O)c2cc(C)on2)c2c(C(=O)OCC)c(C)[nH]c2c1=O. The molecule has 0 aromatic carbocycles. The molecular weight excluding hydrogens is 398 g/mol. The van der Waals surface area contributed by atoms with Crippen LogP contribution in [-0.4, -0.2) is 32.4 Å². The summed E-state index contributed by atoms with van der Waals surface area (Å²) in [6.45, 7) is 10.9. The lowest BCUT2D eigenvalue weighted by Gasteiger charge is -2.12. The summed E-state index contributed by atoms with van der Waals surface area (Å²) >= 11 is 0. The molecule has 3 heterocycles. The standard InChI is InChI=1S/C23H25N3O5/c1-6-8-11-26-13-16(9-10-23(5,29)17-12-14(3)31-25-17)19-18(22(28)30-7-2)15(4)24-20(19)21(26)27/h6,12-13,24,29H,1,7-8,11H2,2-5H3/t23-/m0/s1. The molecular formula is C23H25N3O5. The minimum Gasteiger partial charge on any atom is -0.462 e. The van der Waals surface area contributed by atoms with E-state index >= 15 is 0 Å². The number of hydrogen-bond acceptors (Lipinski definition) is 6. The Bertz CT molecular complexity index is 1260. The van der Waals surface area contributed by atoms with Gasteiger partial charge in [0, 0.05) is 29.9 Å². The van der Waals surface area contributed by atoms with E-state index < -0.39 is 11.6 Å². The number of aliphatic hydroxyl groups is 1. The molecule has 0 saturated heterocycles. The number of aromatic nitrogens is 3. The van der Waals surface area contributed by atoms with E-state index in [1.54, 1.807) is 39.1 Å². The molecule has 0 aliphatic heterocycles. The summed E-state index contributed by atoms with van der Waals surface area (Å²) in [5.74, 6) is 5.72. The predicted molar refractivity (Wildman–Crippen MR) is 116 cm³/mol. The molecule has 0 radical (unpaired) electrons. The second kappa shape index (κ2) is 8.66. The molecule has 0 saturated carbocycles. The Morgan fingerprint density at radius 2 is 2.23 bits per heavy atom. The first-order valence-electron chi connectivity index (χ1n) is 9.92. The van der Waals surface area contributed by atoms with Crippen LogP contribution < -0.4 is 5.56 Å². The molecule has 8 heteroatoms. The largest absolute Gasteiger partial charge is 0.462 e. The molecule has 3 aromatic rings. The van der Waals surface area contributed by atoms with E-state index in [-0.39, 0.29) is 28.9 Å². The fourth-order valence-corrected chi connectivity index (χ4v) is 3.28. The Labute approximate surface area is 179 Å². The van der Waals surface area contributed by atoms with Gasteiger partial charge < -0.3 is 23.9 Å². The molecule has 0 amide bonds. The zero-order valence-electron chi connectivity index (χ0n) is 18.0. The molecule has 0 spiro atoms. The van der Waals surface area contributed by atoms with Gasteiger partial charge in [0.2, 0.25) is 0 Å². The number of aromatic amines is 1. The number of fused-ring (bicyclic) bond motifs is 1. The van der Waals surface area contributed by atoms with Crippen LogP contribution in [0.15, 0.2) is 34.2 Å². The van der Waals surface area contributed by atoms with E-state index in [1.165, 1.54) is 11.5 Å². The average Bonchev–Trinajstić information content (AvgIpc) is 3.31. The Morgan fingerprint density at radius 1 is 1.48 bits per heavy atom. The molecule has 1 atom stereocenters. The molecule has 3 aromatic heterocycles. The van der Waals surface area contributed by atoms with Gasteiger partial charge >= 0.3 is 5.97 Å². The van der Waals surface area contributed by atoms with Gasteiger partial charge in [0.15, 0.2) is 5.60 Å². The Morgan fingerprint density at radius 3 is 2.84 bits per heavy atom. The monoisotopic (exact) mass is 423 g/mol. The summed E-state index contributed by atoms with van der Waals surface area (Å²) in [7, 11) is 0. The first-order valence-corrected chi connectivity index (χ1v) is 9.92. The Balaban J connectivity index is 2.25. The van der Waals surface area contributed by atoms with Crippen LogP contribution in [0.4, 0.5) is 0 Å². The molecule has 162 valence electrons. The quantitative estimate of drug-likeness (QED) is 0.358. The Hall–Kier alpha value is -3.57. The van der Waals surface area contributed by atoms with Gasteiger partial charge in [-0.1, -0.05) is 23.1 Å². The van der Waals surface area contributed by atoms with Crippen molar-refractivity contribution in [3.63, 3.8) is 0 Å². The van der Waals surface area contributed by atoms with Crippen molar-refractivity contribution in [3.05, 3.63) is 63.5 Å². The van der Waals surface area contributed by atoms with Crippen LogP contribution in [0.5, 0.6) is 0 Å². The minimum absolute atomic E-state index is 0.197. The smallest absolute Gasteiger partial charge is 0.340 e. The van der Waals surface area contributed by atoms with Crippen LogP contribution in [0.25, 0.3) is 10.9 Å². The summed E-state index contributed by atoms with van der Waals surface area (Å²) in [5, 5.41) is 15.0. The second-order valence-corrected chi connectivity index (χ2v) is 7.36. The number of hydrogen-bond donors (Lipinski definition) is 2. The van der Waals surface area contributed by atoms with Crippen LogP contribution >= 0.6 is 0 Å². The fourth-order valence-electron chi connectivity index (χ4n) is 3.28. The summed E-state index contributed by atoms with van der Waals surface area (Å²) in [6, 6.07) is 1.60. The van der Waals surface area contributed by atoms with E-state index in [1.807, 2.05) is 0 Å². The van der Waals surface area contributed by atoms with Gasteiger partial charge in [-0.05, 0) is 34.1 Å². The third-order valence-corrected chi connectivity index (χ3v) is 4.84. The van der Waals surface area contributed by atoms with Gasteiger partial charge in [-0.2, -0.15) is 0 Å². The maximum absolute atomic E-state index is 13.0. The van der Waals surface area contributed by atoms with Crippen molar-refractivity contribution in [1.82, 2.24) is 14.7 Å². The number of aryl methyl sites for hydroxylation is 3. The summed E-state index contributed by atoms with van der Waals surface area (Å²) in [4.78, 5) is 28.6. The molecule has 2 N–H and O–H groups in total. The lowest BCUT2D eigenvalue weighted by atomic mass is 10.0. The molecule has 0 bridgehead atoms. The number of allylic oxidation sites excluding steroid dienone is 1. The molecule has 8 nitrogen and oxygen atoms in total. The Kier molecular flexibility index (Phi) is 6.18. The van der Waals surface area contributed by atoms with Gasteiger partial charge in [0.25, 0.3) is 5.56 Å². The minimum atomic E-state index is -1.60. The number of carbonyl (C=O) groups excluding carboxylic acids is 1. The second-order valence-electron chi connectivity index (χ2n) is 7.36. The number of pyridine rings is 1. The summed E-state index contributed by atoms with van der Waals surface area (Å²) in [6.07, 6.45) is 3.88. The zero-order chi connectivity index (χ0) is 22.8. The highest BCUT2D eigenvalue weighted by Crippen LogP contribution is 2.25. The van der Waals surface area contributed by atoms with Gasteiger partial charge in [-0.15, -0.1) is 6.58 Å². The normalized spacial score (nSPS) is 12.8. The highest BCUT2D eigenvalue weighted by molar-refractivity contribution is 6.07. The third-order valence-electron chi connectivity index (χ3n) is 4.84. The summed E-state index contributed by atoms with van der Waals surface area (Å²) < 4.78 is 11.7. The first-order chi connectivity index (χ1) is 14.7. The van der Waals surface area contributed by atoms with E-state index in [0.717, 1.165) is 0 Å². The molecule has 0 unspecified atom stereocenters. The van der Waals surface area contributed by atoms with Gasteiger partial charge in [0.1, 0.15) is 17.0 Å². The van der Waals surface area contributed by atoms with E-state index in [0.29, 0.717) is 35.4 Å². The van der Waals surface area contributed by atoms with Crippen molar-refractivity contribution in [2.75, 3.05) is 6.61 Å². The average molecular weight is 423 g/mol. The topological polar surface area (TPSA) is 110 Å². The van der Waals surface area contributed by atoms with Crippen molar-refractivity contribution in [2.24, 2.45) is 0 Å². The highest BCUT2D eigenvalue weighted by Gasteiger charge is 2.26. The number of nitrogens with zero attached hydrogens (tertiary/aromatic N) is 2. The molecule has 0 aliphatic rings. The number of ether oxygens (including phenoxy) is 1. The van der Waals surface area contributed by atoms with Crippen molar-refractivity contribution in [1.29, 1.82) is 0 Å². The molecule has 0 fully saturated rings. The van der Waals surface area contributed by atoms with Crippen LogP contribution in [0.2, 0.25) is 0 Å². The molecule has 31 heavy (non-hydrogen) atoms. The molecule has 3 rings (SSSR count). The van der Waals surface area contributed by atoms with Crippen LogP contribution in [0, 0.1) is 25.7 Å². The van der Waals surface area contributed by atoms with Gasteiger partial charge in [-0.25, -0.2) is 4.79 Å². The van der Waals surface area contributed by atoms with Gasteiger partial charge in [-0.3, -0.25) is 4.79 Å². The van der Waals surface area contributed by atoms with Crippen molar-refractivity contribution < 1.29 is 19.2 Å². The number of H-pyrrole nitrogens is 1. The van der Waals surface area contributed by atoms with E-state index in [2.05, 4.69) is 28.6 Å². The van der Waals surface area contributed by atoms with Crippen molar-refractivity contribution >= 4 is 16.9 Å². The summed E-state index contributed by atoms with van der Waals surface area (Å²) in [5.41, 5.74) is -0.175. The lowest BCUT2D eigenvalue weighted by Crippen LogP contribution is -2.21. The van der Waals surface area contributed by atoms with Gasteiger partial charge in [0.05, 0.1) is 17.7 Å². The maximum Gasteiger partial charge on any atom is 0.340 e. The number of rotatable bonds is 6. The van der Waals surface area contributed by atoms with Crippen LogP contribution in [0.1, 0.15) is 53.3 Å².